The van der Waals surface area contributed by atoms with Crippen LogP contribution in [-0.4, -0.2) is 45.2 Å². The van der Waals surface area contributed by atoms with E-state index in [1.165, 1.54) is 17.8 Å². The van der Waals surface area contributed by atoms with Gasteiger partial charge in [0.2, 0.25) is 21.8 Å². The Hall–Kier alpha value is -1.88. The molecule has 23 heavy (non-hydrogen) atoms. The molecule has 0 bridgehead atoms. The van der Waals surface area contributed by atoms with Crippen molar-refractivity contribution in [2.45, 2.75) is 43.7 Å². The molecule has 0 unspecified atom stereocenters. The van der Waals surface area contributed by atoms with Crippen molar-refractivity contribution in [1.29, 1.82) is 0 Å². The number of nitrogens with zero attached hydrogens (tertiary/aromatic N) is 5. The van der Waals surface area contributed by atoms with Gasteiger partial charge in [0, 0.05) is 26.1 Å². The minimum absolute atomic E-state index is 0.133. The molecule has 0 radical (unpaired) electrons. The van der Waals surface area contributed by atoms with Crippen LogP contribution < -0.4 is 0 Å². The van der Waals surface area contributed by atoms with Crippen molar-refractivity contribution in [1.82, 2.24) is 24.3 Å². The molecule has 1 saturated heterocycles. The third-order valence-electron chi connectivity index (χ3n) is 3.59. The van der Waals surface area contributed by atoms with E-state index in [2.05, 4.69) is 15.3 Å². The number of aromatic nitrogens is 4. The van der Waals surface area contributed by atoms with Crippen molar-refractivity contribution >= 4 is 10.0 Å². The molecule has 1 fully saturated rings. The molecule has 11 heteroatoms. The summed E-state index contributed by atoms with van der Waals surface area (Å²) in [6, 6.07) is -1.19. The quantitative estimate of drug-likeness (QED) is 0.829. The molecule has 0 spiro atoms. The van der Waals surface area contributed by atoms with E-state index in [9.17, 15) is 17.2 Å². The first-order valence-electron chi connectivity index (χ1n) is 6.95. The summed E-state index contributed by atoms with van der Waals surface area (Å²) in [6.45, 7) is 2.84. The minimum Gasteiger partial charge on any atom is -0.424 e. The zero-order chi connectivity index (χ0) is 16.8. The molecule has 1 aliphatic rings. The topological polar surface area (TPSA) is 94.1 Å². The molecule has 0 saturated carbocycles. The number of hydrogen-bond donors (Lipinski definition) is 0. The fraction of sp³-hybridized carbons (Fsp3) is 0.583. The Morgan fingerprint density at radius 2 is 2.17 bits per heavy atom. The molecule has 0 amide bonds. The highest BCUT2D eigenvalue weighted by Crippen LogP contribution is 2.43. The van der Waals surface area contributed by atoms with Gasteiger partial charge in [-0.3, -0.25) is 4.68 Å². The second-order valence-electron chi connectivity index (χ2n) is 5.32. The van der Waals surface area contributed by atoms with E-state index in [0.29, 0.717) is 10.8 Å². The van der Waals surface area contributed by atoms with Crippen molar-refractivity contribution < 1.29 is 21.6 Å². The summed E-state index contributed by atoms with van der Waals surface area (Å²) < 4.78 is 60.3. The lowest BCUT2D eigenvalue weighted by Crippen LogP contribution is -2.33. The summed E-state index contributed by atoms with van der Waals surface area (Å²) in [5.41, 5.74) is 0. The van der Waals surface area contributed by atoms with E-state index < -0.39 is 35.0 Å². The number of aryl methyl sites for hydroxylation is 2. The van der Waals surface area contributed by atoms with Crippen molar-refractivity contribution in [3.05, 3.63) is 24.2 Å². The number of sulfonamides is 1. The van der Waals surface area contributed by atoms with E-state index in [1.807, 2.05) is 0 Å². The van der Waals surface area contributed by atoms with Crippen molar-refractivity contribution in [3.8, 4) is 0 Å². The van der Waals surface area contributed by atoms with E-state index in [0.717, 1.165) is 6.20 Å². The summed E-state index contributed by atoms with van der Waals surface area (Å²) in [6.07, 6.45) is 1.75. The molecular weight excluding hydrogens is 332 g/mol. The maximum Gasteiger partial charge on any atom is 0.263 e. The molecule has 2 aromatic heterocycles. The van der Waals surface area contributed by atoms with Gasteiger partial charge in [0.25, 0.3) is 5.92 Å². The highest BCUT2D eigenvalue weighted by Gasteiger charge is 2.52. The number of hydrogen-bond acceptors (Lipinski definition) is 6. The molecular formula is C12H15F2N5O3S. The molecule has 0 aliphatic carbocycles. The summed E-state index contributed by atoms with van der Waals surface area (Å²) in [5.74, 6) is -3.11. The van der Waals surface area contributed by atoms with E-state index >= 15 is 0 Å². The standard InChI is InChI=1S/C12H15F2N5O3S/c1-3-18-6-9(5-15-18)23(20,21)19-7-12(13,14)4-10(19)11-17-16-8(2)22-11/h5-6,10H,3-4,7H2,1-2H3/t10-/m0/s1. The predicted octanol–water partition coefficient (Wildman–Crippen LogP) is 1.37. The monoisotopic (exact) mass is 347 g/mol. The molecule has 0 aromatic carbocycles. The van der Waals surface area contributed by atoms with Crippen molar-refractivity contribution in [2.75, 3.05) is 6.54 Å². The smallest absolute Gasteiger partial charge is 0.263 e. The molecule has 3 heterocycles. The van der Waals surface area contributed by atoms with E-state index in [-0.39, 0.29) is 16.7 Å². The maximum atomic E-state index is 13.8. The van der Waals surface area contributed by atoms with E-state index in [1.54, 1.807) is 6.92 Å². The third kappa shape index (κ3) is 2.85. The number of rotatable bonds is 4. The van der Waals surface area contributed by atoms with Gasteiger partial charge in [-0.05, 0) is 6.92 Å². The van der Waals surface area contributed by atoms with Crippen LogP contribution in [0.5, 0.6) is 0 Å². The molecule has 8 nitrogen and oxygen atoms in total. The Bertz CT molecular complexity index is 816. The lowest BCUT2D eigenvalue weighted by molar-refractivity contribution is 0.0166. The Labute approximate surface area is 131 Å². The van der Waals surface area contributed by atoms with Gasteiger partial charge in [-0.25, -0.2) is 17.2 Å². The molecule has 126 valence electrons. The van der Waals surface area contributed by atoms with Crippen LogP contribution in [0.1, 0.15) is 31.2 Å². The largest absolute Gasteiger partial charge is 0.424 e. The second-order valence-corrected chi connectivity index (χ2v) is 7.21. The Kier molecular flexibility index (Phi) is 3.71. The summed E-state index contributed by atoms with van der Waals surface area (Å²) in [4.78, 5) is -0.140. The normalized spacial score (nSPS) is 21.8. The Balaban J connectivity index is 2.00. The summed E-state index contributed by atoms with van der Waals surface area (Å²) >= 11 is 0. The summed E-state index contributed by atoms with van der Waals surface area (Å²) in [5, 5.41) is 11.2. The minimum atomic E-state index is -4.14. The van der Waals surface area contributed by atoms with Crippen LogP contribution in [0, 0.1) is 6.92 Å². The fourth-order valence-electron chi connectivity index (χ4n) is 2.48. The number of alkyl halides is 2. The first-order valence-corrected chi connectivity index (χ1v) is 8.39. The van der Waals surface area contributed by atoms with Crippen molar-refractivity contribution in [3.63, 3.8) is 0 Å². The van der Waals surface area contributed by atoms with Gasteiger partial charge in [-0.2, -0.15) is 9.40 Å². The van der Waals surface area contributed by atoms with Crippen LogP contribution in [0.25, 0.3) is 0 Å². The maximum absolute atomic E-state index is 13.8. The van der Waals surface area contributed by atoms with Gasteiger partial charge in [0.15, 0.2) is 0 Å². The van der Waals surface area contributed by atoms with Crippen LogP contribution in [0.15, 0.2) is 21.7 Å². The third-order valence-corrected chi connectivity index (χ3v) is 5.40. The van der Waals surface area contributed by atoms with Gasteiger partial charge in [0.1, 0.15) is 10.9 Å². The van der Waals surface area contributed by atoms with Crippen LogP contribution in [0.2, 0.25) is 0 Å². The van der Waals surface area contributed by atoms with Crippen LogP contribution in [0.4, 0.5) is 8.78 Å². The fourth-order valence-corrected chi connectivity index (χ4v) is 4.05. The van der Waals surface area contributed by atoms with Crippen molar-refractivity contribution in [2.24, 2.45) is 0 Å². The zero-order valence-electron chi connectivity index (χ0n) is 12.5. The van der Waals surface area contributed by atoms with Gasteiger partial charge < -0.3 is 4.42 Å². The van der Waals surface area contributed by atoms with Gasteiger partial charge >= 0.3 is 0 Å². The average molecular weight is 347 g/mol. The first kappa shape index (κ1) is 16.0. The van der Waals surface area contributed by atoms with Crippen LogP contribution in [-0.2, 0) is 16.6 Å². The first-order chi connectivity index (χ1) is 10.7. The Morgan fingerprint density at radius 3 is 2.74 bits per heavy atom. The predicted molar refractivity (Wildman–Crippen MR) is 73.1 cm³/mol. The highest BCUT2D eigenvalue weighted by atomic mass is 32.2. The zero-order valence-corrected chi connectivity index (χ0v) is 13.3. The molecule has 0 N–H and O–H groups in total. The number of halogens is 2. The molecule has 1 aliphatic heterocycles. The van der Waals surface area contributed by atoms with E-state index in [4.69, 9.17) is 4.42 Å². The lowest BCUT2D eigenvalue weighted by Gasteiger charge is -2.19. The molecule has 2 aromatic rings. The lowest BCUT2D eigenvalue weighted by atomic mass is 10.2. The molecule has 1 atom stereocenters. The highest BCUT2D eigenvalue weighted by molar-refractivity contribution is 7.89. The molecule has 3 rings (SSSR count). The van der Waals surface area contributed by atoms with Gasteiger partial charge in [0.05, 0.1) is 12.7 Å². The SMILES string of the molecule is CCn1cc(S(=O)(=O)N2CC(F)(F)C[C@H]2c2nnc(C)o2)cn1. The average Bonchev–Trinajstić information content (AvgIpc) is 3.16. The van der Waals surface area contributed by atoms with Gasteiger partial charge in [-0.15, -0.1) is 10.2 Å². The Morgan fingerprint density at radius 1 is 1.43 bits per heavy atom. The van der Waals surface area contributed by atoms with Crippen LogP contribution >= 0.6 is 0 Å². The summed E-state index contributed by atoms with van der Waals surface area (Å²) in [7, 11) is -4.14. The van der Waals surface area contributed by atoms with Crippen LogP contribution in [0.3, 0.4) is 0 Å². The second kappa shape index (κ2) is 5.34. The van der Waals surface area contributed by atoms with Gasteiger partial charge in [-0.1, -0.05) is 0 Å².